The van der Waals surface area contributed by atoms with Crippen molar-refractivity contribution >= 4 is 23.6 Å². The van der Waals surface area contributed by atoms with Gasteiger partial charge in [0.2, 0.25) is 0 Å². The molecule has 0 aliphatic heterocycles. The summed E-state index contributed by atoms with van der Waals surface area (Å²) in [6, 6.07) is 3.26. The van der Waals surface area contributed by atoms with Crippen molar-refractivity contribution in [2.45, 2.75) is 6.61 Å². The maximum Gasteiger partial charge on any atom is 0.313 e. The molecule has 0 spiro atoms. The van der Waals surface area contributed by atoms with Gasteiger partial charge < -0.3 is 19.6 Å². The molecule has 1 amide bonds. The van der Waals surface area contributed by atoms with Crippen molar-refractivity contribution in [2.24, 2.45) is 0 Å². The molecule has 7 heteroatoms. The molecule has 0 atom stereocenters. The molecule has 0 bridgehead atoms. The van der Waals surface area contributed by atoms with E-state index in [9.17, 15) is 9.59 Å². The third kappa shape index (κ3) is 5.24. The summed E-state index contributed by atoms with van der Waals surface area (Å²) in [4.78, 5) is 21.8. The van der Waals surface area contributed by atoms with Crippen LogP contribution < -0.4 is 5.32 Å². The molecular formula is C11H15NO5S. The SMILES string of the molecule is COCc1ccc(C(=O)NCCSCC(=O)O)o1. The van der Waals surface area contributed by atoms with Gasteiger partial charge in [-0.15, -0.1) is 11.8 Å². The molecule has 0 aliphatic carbocycles. The smallest absolute Gasteiger partial charge is 0.313 e. The Kier molecular flexibility index (Phi) is 6.31. The highest BCUT2D eigenvalue weighted by Gasteiger charge is 2.10. The zero-order valence-corrected chi connectivity index (χ0v) is 10.8. The van der Waals surface area contributed by atoms with Crippen LogP contribution in [0.1, 0.15) is 16.3 Å². The molecule has 6 nitrogen and oxygen atoms in total. The Morgan fingerprint density at radius 1 is 1.50 bits per heavy atom. The van der Waals surface area contributed by atoms with Crippen LogP contribution in [-0.4, -0.2) is 42.1 Å². The molecule has 2 N–H and O–H groups in total. The first kappa shape index (κ1) is 14.6. The molecule has 0 unspecified atom stereocenters. The molecular weight excluding hydrogens is 258 g/mol. The number of carboxylic acid groups (broad SMARTS) is 1. The van der Waals surface area contributed by atoms with Crippen LogP contribution in [0, 0.1) is 0 Å². The normalized spacial score (nSPS) is 10.3. The van der Waals surface area contributed by atoms with E-state index in [-0.39, 0.29) is 17.4 Å². The Labute approximate surface area is 109 Å². The van der Waals surface area contributed by atoms with Gasteiger partial charge in [0.15, 0.2) is 5.76 Å². The van der Waals surface area contributed by atoms with E-state index >= 15 is 0 Å². The van der Waals surface area contributed by atoms with E-state index in [1.165, 1.54) is 11.8 Å². The fraction of sp³-hybridized carbons (Fsp3) is 0.455. The van der Waals surface area contributed by atoms with Gasteiger partial charge in [-0.05, 0) is 12.1 Å². The summed E-state index contributed by atoms with van der Waals surface area (Å²) in [6.45, 7) is 0.721. The summed E-state index contributed by atoms with van der Waals surface area (Å²) in [5.74, 6) is 0.223. The van der Waals surface area contributed by atoms with Gasteiger partial charge in [0, 0.05) is 19.4 Å². The maximum atomic E-state index is 11.6. The Balaban J connectivity index is 2.25. The lowest BCUT2D eigenvalue weighted by Crippen LogP contribution is -2.25. The van der Waals surface area contributed by atoms with Gasteiger partial charge in [0.05, 0.1) is 5.75 Å². The second-order valence-electron chi connectivity index (χ2n) is 3.40. The lowest BCUT2D eigenvalue weighted by molar-refractivity contribution is -0.133. The van der Waals surface area contributed by atoms with E-state index in [4.69, 9.17) is 14.3 Å². The van der Waals surface area contributed by atoms with Gasteiger partial charge in [0.1, 0.15) is 12.4 Å². The number of furan rings is 1. The number of rotatable bonds is 8. The van der Waals surface area contributed by atoms with E-state index in [1.807, 2.05) is 0 Å². The van der Waals surface area contributed by atoms with Crippen molar-refractivity contribution in [3.8, 4) is 0 Å². The number of thioether (sulfide) groups is 1. The van der Waals surface area contributed by atoms with Gasteiger partial charge in [-0.25, -0.2) is 0 Å². The van der Waals surface area contributed by atoms with Crippen LogP contribution >= 0.6 is 11.8 Å². The van der Waals surface area contributed by atoms with Gasteiger partial charge >= 0.3 is 5.97 Å². The van der Waals surface area contributed by atoms with Crippen LogP contribution in [0.3, 0.4) is 0 Å². The number of ether oxygens (including phenoxy) is 1. The largest absolute Gasteiger partial charge is 0.481 e. The fourth-order valence-corrected chi connectivity index (χ4v) is 1.77. The number of carbonyl (C=O) groups excluding carboxylic acids is 1. The minimum Gasteiger partial charge on any atom is -0.481 e. The molecule has 100 valence electrons. The summed E-state index contributed by atoms with van der Waals surface area (Å²) < 4.78 is 10.1. The molecule has 0 radical (unpaired) electrons. The van der Waals surface area contributed by atoms with Crippen molar-refractivity contribution in [1.29, 1.82) is 0 Å². The first-order chi connectivity index (χ1) is 8.63. The topological polar surface area (TPSA) is 88.8 Å². The zero-order chi connectivity index (χ0) is 13.4. The number of carboxylic acids is 1. The van der Waals surface area contributed by atoms with E-state index in [0.717, 1.165) is 0 Å². The highest BCUT2D eigenvalue weighted by molar-refractivity contribution is 7.99. The predicted molar refractivity (Wildman–Crippen MR) is 66.7 cm³/mol. The van der Waals surface area contributed by atoms with Gasteiger partial charge in [-0.1, -0.05) is 0 Å². The number of hydrogen-bond acceptors (Lipinski definition) is 5. The molecule has 0 aromatic carbocycles. The molecule has 0 aliphatic rings. The minimum atomic E-state index is -0.860. The summed E-state index contributed by atoms with van der Waals surface area (Å²) in [5, 5.41) is 11.1. The summed E-state index contributed by atoms with van der Waals surface area (Å²) in [6.07, 6.45) is 0. The lowest BCUT2D eigenvalue weighted by Gasteiger charge is -2.02. The monoisotopic (exact) mass is 273 g/mol. The second kappa shape index (κ2) is 7.78. The number of amides is 1. The lowest BCUT2D eigenvalue weighted by atomic mass is 10.4. The van der Waals surface area contributed by atoms with Crippen LogP contribution in [0.2, 0.25) is 0 Å². The van der Waals surface area contributed by atoms with Crippen LogP contribution in [0.5, 0.6) is 0 Å². The molecule has 1 heterocycles. The average molecular weight is 273 g/mol. The van der Waals surface area contributed by atoms with Crippen molar-refractivity contribution in [2.75, 3.05) is 25.2 Å². The third-order valence-corrected chi connectivity index (χ3v) is 2.87. The molecule has 0 fully saturated rings. The van der Waals surface area contributed by atoms with Crippen LogP contribution in [0.15, 0.2) is 16.5 Å². The van der Waals surface area contributed by atoms with E-state index in [1.54, 1.807) is 19.2 Å². The van der Waals surface area contributed by atoms with Crippen molar-refractivity contribution < 1.29 is 23.8 Å². The molecule has 0 saturated carbocycles. The number of nitrogens with one attached hydrogen (secondary N) is 1. The molecule has 0 saturated heterocycles. The summed E-state index contributed by atoms with van der Waals surface area (Å²) >= 11 is 1.25. The average Bonchev–Trinajstić information content (AvgIpc) is 2.77. The minimum absolute atomic E-state index is 0.0363. The fourth-order valence-electron chi connectivity index (χ4n) is 1.20. The Morgan fingerprint density at radius 2 is 2.28 bits per heavy atom. The number of hydrogen-bond donors (Lipinski definition) is 2. The standard InChI is InChI=1S/C11H15NO5S/c1-16-6-8-2-3-9(17-8)11(15)12-4-5-18-7-10(13)14/h2-3H,4-7H2,1H3,(H,12,15)(H,13,14). The Hall–Kier alpha value is -1.47. The highest BCUT2D eigenvalue weighted by atomic mass is 32.2. The molecule has 1 rings (SSSR count). The van der Waals surface area contributed by atoms with Crippen molar-refractivity contribution in [3.63, 3.8) is 0 Å². The Morgan fingerprint density at radius 3 is 2.94 bits per heavy atom. The Bertz CT molecular complexity index is 404. The number of carbonyl (C=O) groups is 2. The molecule has 18 heavy (non-hydrogen) atoms. The van der Waals surface area contributed by atoms with Crippen LogP contribution in [0.4, 0.5) is 0 Å². The van der Waals surface area contributed by atoms with Gasteiger partial charge in [-0.3, -0.25) is 9.59 Å². The molecule has 1 aromatic heterocycles. The zero-order valence-electron chi connectivity index (χ0n) is 9.97. The summed E-state index contributed by atoms with van der Waals surface area (Å²) in [7, 11) is 1.54. The maximum absolute atomic E-state index is 11.6. The third-order valence-electron chi connectivity index (χ3n) is 1.93. The van der Waals surface area contributed by atoms with Gasteiger partial charge in [0.25, 0.3) is 5.91 Å². The van der Waals surface area contributed by atoms with Crippen LogP contribution in [0.25, 0.3) is 0 Å². The van der Waals surface area contributed by atoms with Crippen molar-refractivity contribution in [3.05, 3.63) is 23.7 Å². The second-order valence-corrected chi connectivity index (χ2v) is 4.51. The number of aliphatic carboxylic acids is 1. The van der Waals surface area contributed by atoms with Crippen molar-refractivity contribution in [1.82, 2.24) is 5.32 Å². The first-order valence-corrected chi connectivity index (χ1v) is 6.44. The quantitative estimate of drug-likeness (QED) is 0.686. The highest BCUT2D eigenvalue weighted by Crippen LogP contribution is 2.08. The van der Waals surface area contributed by atoms with E-state index in [0.29, 0.717) is 24.7 Å². The first-order valence-electron chi connectivity index (χ1n) is 5.29. The number of methoxy groups -OCH3 is 1. The van der Waals surface area contributed by atoms with E-state index in [2.05, 4.69) is 5.32 Å². The summed E-state index contributed by atoms with van der Waals surface area (Å²) in [5.41, 5.74) is 0. The van der Waals surface area contributed by atoms with E-state index < -0.39 is 5.97 Å². The van der Waals surface area contributed by atoms with Crippen LogP contribution in [-0.2, 0) is 16.1 Å². The van der Waals surface area contributed by atoms with Gasteiger partial charge in [-0.2, -0.15) is 0 Å². The predicted octanol–water partition coefficient (Wildman–Crippen LogP) is 0.974. The molecule has 1 aromatic rings.